The molecule has 1 aliphatic heterocycles. The van der Waals surface area contributed by atoms with Gasteiger partial charge in [0, 0.05) is 0 Å². The molecule has 1 aliphatic rings. The normalized spacial score (nSPS) is 38.6. The quantitative estimate of drug-likeness (QED) is 0.540. The zero-order valence-corrected chi connectivity index (χ0v) is 11.0. The van der Waals surface area contributed by atoms with Crippen molar-refractivity contribution in [1.82, 2.24) is 0 Å². The summed E-state index contributed by atoms with van der Waals surface area (Å²) in [4.78, 5) is 0. The average Bonchev–Trinajstić information content (AvgIpc) is 2.29. The van der Waals surface area contributed by atoms with E-state index in [9.17, 15) is 15.3 Å². The fourth-order valence-electron chi connectivity index (χ4n) is 1.63. The Bertz CT molecular complexity index is 224. The summed E-state index contributed by atoms with van der Waals surface area (Å²) in [5, 5.41) is 37.9. The van der Waals surface area contributed by atoms with Gasteiger partial charge in [-0.3, -0.25) is 0 Å². The Morgan fingerprint density at radius 1 is 1.12 bits per heavy atom. The van der Waals surface area contributed by atoms with Crippen molar-refractivity contribution in [2.24, 2.45) is 5.92 Å². The summed E-state index contributed by atoms with van der Waals surface area (Å²) in [7, 11) is 0. The smallest absolute Gasteiger partial charge is 0.132 e. The van der Waals surface area contributed by atoms with E-state index >= 15 is 0 Å². The standard InChI is InChI=1S/C11H22O5S/c1-6(2)3-4-17-11-10(15)9(14)8(13)7(5-12)16-11/h6-15H,3-5H2,1-2H3. The highest BCUT2D eigenvalue weighted by Crippen LogP contribution is 2.29. The second kappa shape index (κ2) is 6.92. The van der Waals surface area contributed by atoms with Gasteiger partial charge >= 0.3 is 0 Å². The summed E-state index contributed by atoms with van der Waals surface area (Å²) < 4.78 is 5.37. The highest BCUT2D eigenvalue weighted by atomic mass is 32.2. The van der Waals surface area contributed by atoms with E-state index in [1.54, 1.807) is 0 Å². The van der Waals surface area contributed by atoms with Gasteiger partial charge in [0.1, 0.15) is 29.9 Å². The third kappa shape index (κ3) is 4.08. The zero-order valence-electron chi connectivity index (χ0n) is 10.2. The lowest BCUT2D eigenvalue weighted by Crippen LogP contribution is -2.57. The van der Waals surface area contributed by atoms with Crippen LogP contribution in [0.25, 0.3) is 0 Å². The van der Waals surface area contributed by atoms with E-state index in [0.717, 1.165) is 12.2 Å². The first-order valence-electron chi connectivity index (χ1n) is 5.89. The summed E-state index contributed by atoms with van der Waals surface area (Å²) in [5.74, 6) is 1.37. The van der Waals surface area contributed by atoms with Crippen LogP contribution in [0.1, 0.15) is 20.3 Å². The lowest BCUT2D eigenvalue weighted by atomic mass is 10.0. The van der Waals surface area contributed by atoms with Crippen molar-refractivity contribution in [1.29, 1.82) is 0 Å². The Labute approximate surface area is 106 Å². The summed E-state index contributed by atoms with van der Waals surface area (Å²) in [5.41, 5.74) is -0.593. The van der Waals surface area contributed by atoms with E-state index in [-0.39, 0.29) is 6.61 Å². The van der Waals surface area contributed by atoms with Gasteiger partial charge in [-0.25, -0.2) is 0 Å². The van der Waals surface area contributed by atoms with Crippen molar-refractivity contribution >= 4 is 11.8 Å². The lowest BCUT2D eigenvalue weighted by molar-refractivity contribution is -0.205. The number of aliphatic hydroxyl groups is 4. The predicted octanol–water partition coefficient (Wildman–Crippen LogP) is -0.434. The van der Waals surface area contributed by atoms with Crippen LogP contribution in [0.2, 0.25) is 0 Å². The van der Waals surface area contributed by atoms with Crippen LogP contribution in [0, 0.1) is 5.92 Å². The van der Waals surface area contributed by atoms with Crippen LogP contribution in [0.3, 0.4) is 0 Å². The minimum Gasteiger partial charge on any atom is -0.394 e. The highest BCUT2D eigenvalue weighted by molar-refractivity contribution is 7.99. The van der Waals surface area contributed by atoms with Crippen molar-refractivity contribution in [3.8, 4) is 0 Å². The zero-order chi connectivity index (χ0) is 13.0. The molecule has 0 aromatic heterocycles. The fraction of sp³-hybridized carbons (Fsp3) is 1.00. The third-order valence-electron chi connectivity index (χ3n) is 2.83. The molecule has 5 nitrogen and oxygen atoms in total. The van der Waals surface area contributed by atoms with Gasteiger partial charge in [-0.2, -0.15) is 0 Å². The van der Waals surface area contributed by atoms with Crippen molar-refractivity contribution in [2.75, 3.05) is 12.4 Å². The van der Waals surface area contributed by atoms with Gasteiger partial charge in [0.05, 0.1) is 6.61 Å². The molecule has 0 amide bonds. The molecule has 0 saturated carbocycles. The minimum absolute atomic E-state index is 0.369. The van der Waals surface area contributed by atoms with Crippen molar-refractivity contribution in [3.05, 3.63) is 0 Å². The fourth-order valence-corrected chi connectivity index (χ4v) is 3.04. The predicted molar refractivity (Wildman–Crippen MR) is 65.7 cm³/mol. The molecule has 6 heteroatoms. The van der Waals surface area contributed by atoms with Gasteiger partial charge in [0.15, 0.2) is 0 Å². The molecule has 1 saturated heterocycles. The average molecular weight is 266 g/mol. The monoisotopic (exact) mass is 266 g/mol. The van der Waals surface area contributed by atoms with E-state index in [2.05, 4.69) is 13.8 Å². The minimum atomic E-state index is -1.27. The molecule has 102 valence electrons. The SMILES string of the molecule is CC(C)CCSC1OC(CO)C(O)C(O)C1O. The van der Waals surface area contributed by atoms with E-state index < -0.39 is 29.9 Å². The van der Waals surface area contributed by atoms with Gasteiger partial charge in [-0.1, -0.05) is 13.8 Å². The molecule has 5 atom stereocenters. The largest absolute Gasteiger partial charge is 0.394 e. The first-order valence-corrected chi connectivity index (χ1v) is 6.94. The molecule has 0 aliphatic carbocycles. The van der Waals surface area contributed by atoms with Gasteiger partial charge in [0.2, 0.25) is 0 Å². The molecule has 1 fully saturated rings. The van der Waals surface area contributed by atoms with Crippen LogP contribution in [0.4, 0.5) is 0 Å². The Balaban J connectivity index is 2.47. The Morgan fingerprint density at radius 2 is 1.76 bits per heavy atom. The van der Waals surface area contributed by atoms with Crippen LogP contribution in [-0.2, 0) is 4.74 Å². The van der Waals surface area contributed by atoms with E-state index in [1.165, 1.54) is 11.8 Å². The van der Waals surface area contributed by atoms with E-state index in [0.29, 0.717) is 5.92 Å². The Morgan fingerprint density at radius 3 is 2.29 bits per heavy atom. The maximum Gasteiger partial charge on any atom is 0.132 e. The molecule has 0 bridgehead atoms. The maximum absolute atomic E-state index is 9.75. The second-order valence-corrected chi connectivity index (χ2v) is 5.96. The molecular formula is C11H22O5S. The number of aliphatic hydroxyl groups excluding tert-OH is 4. The highest BCUT2D eigenvalue weighted by Gasteiger charge is 2.43. The van der Waals surface area contributed by atoms with Crippen LogP contribution in [0.5, 0.6) is 0 Å². The molecule has 5 unspecified atom stereocenters. The van der Waals surface area contributed by atoms with Crippen molar-refractivity contribution in [3.63, 3.8) is 0 Å². The third-order valence-corrected chi connectivity index (χ3v) is 4.02. The number of rotatable bonds is 5. The molecule has 17 heavy (non-hydrogen) atoms. The van der Waals surface area contributed by atoms with Crippen molar-refractivity contribution in [2.45, 2.75) is 50.1 Å². The first-order chi connectivity index (χ1) is 7.97. The number of thioether (sulfide) groups is 1. The molecule has 0 aromatic carbocycles. The lowest BCUT2D eigenvalue weighted by Gasteiger charge is -2.39. The number of hydrogen-bond donors (Lipinski definition) is 4. The maximum atomic E-state index is 9.75. The van der Waals surface area contributed by atoms with E-state index in [4.69, 9.17) is 9.84 Å². The van der Waals surface area contributed by atoms with Crippen molar-refractivity contribution < 1.29 is 25.2 Å². The van der Waals surface area contributed by atoms with Gasteiger partial charge in [-0.15, -0.1) is 11.8 Å². The molecule has 0 spiro atoms. The summed E-state index contributed by atoms with van der Waals surface area (Å²) in [6.07, 6.45) is -3.47. The molecule has 0 radical (unpaired) electrons. The van der Waals surface area contributed by atoms with Gasteiger partial charge in [-0.05, 0) is 18.1 Å². The summed E-state index contributed by atoms with van der Waals surface area (Å²) >= 11 is 1.40. The van der Waals surface area contributed by atoms with Crippen LogP contribution >= 0.6 is 11.8 Å². The van der Waals surface area contributed by atoms with Crippen LogP contribution in [-0.4, -0.2) is 62.6 Å². The van der Waals surface area contributed by atoms with Crippen LogP contribution < -0.4 is 0 Å². The second-order valence-electron chi connectivity index (χ2n) is 4.75. The first kappa shape index (κ1) is 15.2. The molecule has 1 heterocycles. The van der Waals surface area contributed by atoms with Gasteiger partial charge < -0.3 is 25.2 Å². The molecular weight excluding hydrogens is 244 g/mol. The summed E-state index contributed by atoms with van der Waals surface area (Å²) in [6, 6.07) is 0. The Kier molecular flexibility index (Phi) is 6.19. The van der Waals surface area contributed by atoms with Crippen LogP contribution in [0.15, 0.2) is 0 Å². The van der Waals surface area contributed by atoms with Gasteiger partial charge in [0.25, 0.3) is 0 Å². The Hall–Kier alpha value is 0.150. The molecule has 0 aromatic rings. The number of ether oxygens (including phenoxy) is 1. The number of hydrogen-bond acceptors (Lipinski definition) is 6. The molecule has 1 rings (SSSR count). The summed E-state index contributed by atoms with van der Waals surface area (Å²) in [6.45, 7) is 3.84. The van der Waals surface area contributed by atoms with E-state index in [1.807, 2.05) is 0 Å². The topological polar surface area (TPSA) is 90.2 Å². The molecule has 4 N–H and O–H groups in total.